The van der Waals surface area contributed by atoms with E-state index >= 15 is 0 Å². The summed E-state index contributed by atoms with van der Waals surface area (Å²) in [6, 6.07) is 28.4. The number of hydrogen-bond acceptors (Lipinski definition) is 12. The largest absolute Gasteiger partial charge is 0.486 e. The zero-order valence-corrected chi connectivity index (χ0v) is 34.5. The molecule has 3 aliphatic rings. The van der Waals surface area contributed by atoms with E-state index in [2.05, 4.69) is 25.5 Å². The number of carbonyl (C=O) groups is 5. The van der Waals surface area contributed by atoms with Crippen LogP contribution in [0.3, 0.4) is 0 Å². The van der Waals surface area contributed by atoms with Crippen molar-refractivity contribution in [2.24, 2.45) is 10.2 Å². The molecule has 3 aliphatic heterocycles. The van der Waals surface area contributed by atoms with Gasteiger partial charge in [-0.05, 0) is 99.0 Å². The maximum absolute atomic E-state index is 13.5. The van der Waals surface area contributed by atoms with Crippen LogP contribution in [0.25, 0.3) is 22.3 Å². The van der Waals surface area contributed by atoms with Gasteiger partial charge in [-0.2, -0.15) is 15.3 Å². The van der Waals surface area contributed by atoms with Gasteiger partial charge in [-0.1, -0.05) is 24.3 Å². The lowest BCUT2D eigenvalue weighted by Crippen LogP contribution is -2.52. The zero-order chi connectivity index (χ0) is 43.5. The minimum Gasteiger partial charge on any atom is -0.486 e. The molecule has 4 aromatic carbocycles. The van der Waals surface area contributed by atoms with Crippen molar-refractivity contribution in [2.45, 2.75) is 64.1 Å². The molecule has 5 heterocycles. The van der Waals surface area contributed by atoms with Crippen molar-refractivity contribution < 1.29 is 33.4 Å². The van der Waals surface area contributed by atoms with Gasteiger partial charge in [0.1, 0.15) is 41.9 Å². The number of hydrogen-bond donors (Lipinski definition) is 1. The lowest BCUT2D eigenvalue weighted by atomic mass is 10.0. The first-order valence-electron chi connectivity index (χ1n) is 20.9. The number of nitrogens with one attached hydrogen (secondary N) is 1. The maximum Gasteiger partial charge on any atom is 0.255 e. The highest BCUT2D eigenvalue weighted by Crippen LogP contribution is 2.36. The molecule has 0 saturated carbocycles. The fraction of sp³-hybridized carbons (Fsp3) is 0.277. The van der Waals surface area contributed by atoms with Crippen LogP contribution >= 0.6 is 0 Å². The third-order valence-corrected chi connectivity index (χ3v) is 11.6. The molecule has 6 aromatic rings. The van der Waals surface area contributed by atoms with Gasteiger partial charge < -0.3 is 19.3 Å². The molecule has 9 rings (SSSR count). The number of para-hydroxylation sites is 1. The van der Waals surface area contributed by atoms with Crippen molar-refractivity contribution in [3.05, 3.63) is 120 Å². The highest BCUT2D eigenvalue weighted by atomic mass is 16.5. The Balaban J connectivity index is 0.772. The van der Waals surface area contributed by atoms with Gasteiger partial charge in [-0.3, -0.25) is 29.3 Å². The summed E-state index contributed by atoms with van der Waals surface area (Å²) in [5, 5.41) is 17.0. The molecule has 0 spiro atoms. The minimum atomic E-state index is -0.724. The number of carbonyl (C=O) groups excluding carboxylic acids is 5. The van der Waals surface area contributed by atoms with Crippen LogP contribution in [-0.2, 0) is 25.7 Å². The van der Waals surface area contributed by atoms with Gasteiger partial charge in [-0.15, -0.1) is 0 Å². The number of aryl methyl sites for hydroxylation is 1. The van der Waals surface area contributed by atoms with Gasteiger partial charge in [-0.25, -0.2) is 14.6 Å². The monoisotopic (exact) mass is 845 g/mol. The van der Waals surface area contributed by atoms with Crippen LogP contribution in [0, 0.1) is 6.92 Å². The molecule has 16 nitrogen and oxygen atoms in total. The number of fused-ring (bicyclic) bond motifs is 2. The van der Waals surface area contributed by atoms with Crippen LogP contribution in [0.4, 0.5) is 11.4 Å². The molecule has 63 heavy (non-hydrogen) atoms. The van der Waals surface area contributed by atoms with Gasteiger partial charge >= 0.3 is 0 Å². The van der Waals surface area contributed by atoms with E-state index in [1.165, 1.54) is 4.90 Å². The van der Waals surface area contributed by atoms with Crippen molar-refractivity contribution in [1.82, 2.24) is 34.9 Å². The van der Waals surface area contributed by atoms with E-state index in [4.69, 9.17) is 14.6 Å². The Bertz CT molecular complexity index is 2750. The molecule has 2 saturated heterocycles. The molecule has 0 bridgehead atoms. The summed E-state index contributed by atoms with van der Waals surface area (Å²) in [4.78, 5) is 75.9. The Labute approximate surface area is 361 Å². The second-order valence-electron chi connectivity index (χ2n) is 15.8. The van der Waals surface area contributed by atoms with Crippen LogP contribution in [-0.4, -0.2) is 84.7 Å². The van der Waals surface area contributed by atoms with Crippen LogP contribution in [0.15, 0.2) is 114 Å². The van der Waals surface area contributed by atoms with Crippen molar-refractivity contribution in [2.75, 3.05) is 19.7 Å². The highest BCUT2D eigenvalue weighted by molar-refractivity contribution is 6.06. The predicted octanol–water partition coefficient (Wildman–Crippen LogP) is 7.36. The summed E-state index contributed by atoms with van der Waals surface area (Å²) in [6.07, 6.45) is 3.70. The summed E-state index contributed by atoms with van der Waals surface area (Å²) in [5.74, 6) is 0.512. The van der Waals surface area contributed by atoms with E-state index < -0.39 is 11.9 Å². The number of benzene rings is 4. The summed E-state index contributed by atoms with van der Waals surface area (Å²) < 4.78 is 13.7. The number of ketones is 1. The number of piperidine rings is 2. The van der Waals surface area contributed by atoms with Crippen LogP contribution in [0.5, 0.6) is 17.2 Å². The van der Waals surface area contributed by atoms with Crippen molar-refractivity contribution in [3.8, 4) is 28.5 Å². The van der Waals surface area contributed by atoms with E-state index in [0.29, 0.717) is 52.7 Å². The number of ether oxygens (including phenoxy) is 2. The van der Waals surface area contributed by atoms with Gasteiger partial charge in [0.2, 0.25) is 17.7 Å². The van der Waals surface area contributed by atoms with E-state index in [1.54, 1.807) is 48.8 Å². The van der Waals surface area contributed by atoms with Crippen LogP contribution in [0.1, 0.15) is 66.2 Å². The minimum absolute atomic E-state index is 0.0441. The first-order valence-corrected chi connectivity index (χ1v) is 20.9. The molecular formula is C47H43N9O7. The molecule has 0 aliphatic carbocycles. The number of rotatable bonds is 13. The molecule has 0 radical (unpaired) electrons. The SMILES string of the molecule is Cc1ncnc2c1c(-c1ccc(Oc3ccccc3)cc1)nn2[C@@H]1CCCN(C(=O)CCC(=O)COc2ccc(N=Nc3cccc4c3CN(C3CCC(=O)NC3=O)C4=O)cc2)C1. The average Bonchev–Trinajstić information content (AvgIpc) is 3.87. The number of nitrogens with zero attached hydrogens (tertiary/aromatic N) is 8. The van der Waals surface area contributed by atoms with Crippen LogP contribution < -0.4 is 14.8 Å². The predicted molar refractivity (Wildman–Crippen MR) is 230 cm³/mol. The molecule has 1 N–H and O–H groups in total. The van der Waals surface area contributed by atoms with E-state index in [0.717, 1.165) is 40.9 Å². The number of azo groups is 1. The Morgan fingerprint density at radius 1 is 0.841 bits per heavy atom. The molecular weight excluding hydrogens is 803 g/mol. The van der Waals surface area contributed by atoms with Crippen molar-refractivity contribution >= 4 is 51.8 Å². The molecule has 1 unspecified atom stereocenters. The Morgan fingerprint density at radius 3 is 2.41 bits per heavy atom. The highest BCUT2D eigenvalue weighted by Gasteiger charge is 2.40. The smallest absolute Gasteiger partial charge is 0.255 e. The summed E-state index contributed by atoms with van der Waals surface area (Å²) in [7, 11) is 0. The Morgan fingerprint density at radius 2 is 1.62 bits per heavy atom. The zero-order valence-electron chi connectivity index (χ0n) is 34.5. The van der Waals surface area contributed by atoms with Gasteiger partial charge in [0.15, 0.2) is 11.4 Å². The summed E-state index contributed by atoms with van der Waals surface area (Å²) in [6.45, 7) is 2.98. The fourth-order valence-electron chi connectivity index (χ4n) is 8.28. The van der Waals surface area contributed by atoms with Crippen molar-refractivity contribution in [3.63, 3.8) is 0 Å². The summed E-state index contributed by atoms with van der Waals surface area (Å²) >= 11 is 0. The standard InChI is InChI=1S/C47H43N9O7/c1-29-43-44(30-12-17-36(18-13-30)63-35-8-3-2-4-9-35)53-56(45(43)49-28-48-29)32-7-6-24-54(25-32)42(59)23-16-33(57)27-62-34-19-14-31(15-20-34)51-52-39-11-5-10-37-38(39)26-55(47(37)61)40-21-22-41(58)50-46(40)60/h2-5,8-15,17-20,28,32,40H,6-7,16,21-27H2,1H3,(H,50,58,60)/t32-,40?/m1/s1. The topological polar surface area (TPSA) is 191 Å². The Hall–Kier alpha value is -7.62. The van der Waals surface area contributed by atoms with Gasteiger partial charge in [0.05, 0.1) is 28.5 Å². The second-order valence-corrected chi connectivity index (χ2v) is 15.8. The molecule has 2 fully saturated rings. The number of likely N-dealkylation sites (tertiary alicyclic amines) is 1. The summed E-state index contributed by atoms with van der Waals surface area (Å²) in [5.41, 5.74) is 5.31. The molecule has 318 valence electrons. The fourth-order valence-corrected chi connectivity index (χ4v) is 8.28. The van der Waals surface area contributed by atoms with Gasteiger partial charge in [0, 0.05) is 55.6 Å². The lowest BCUT2D eigenvalue weighted by molar-refractivity contribution is -0.137. The molecule has 2 atom stereocenters. The normalized spacial score (nSPS) is 17.6. The number of amides is 4. The number of imide groups is 1. The quantitative estimate of drug-likeness (QED) is 0.0908. The van der Waals surface area contributed by atoms with E-state index in [9.17, 15) is 24.0 Å². The van der Waals surface area contributed by atoms with E-state index in [-0.39, 0.29) is 68.4 Å². The number of Topliss-reactive ketones (excluding diaryl/α,β-unsaturated/α-hetero) is 1. The van der Waals surface area contributed by atoms with Gasteiger partial charge in [0.25, 0.3) is 5.91 Å². The number of aromatic nitrogens is 4. The third-order valence-electron chi connectivity index (χ3n) is 11.6. The Kier molecular flexibility index (Phi) is 11.5. The molecule has 4 amide bonds. The van der Waals surface area contributed by atoms with E-state index in [1.807, 2.05) is 71.1 Å². The first-order chi connectivity index (χ1) is 30.7. The lowest BCUT2D eigenvalue weighted by Gasteiger charge is -2.33. The third kappa shape index (κ3) is 8.78. The van der Waals surface area contributed by atoms with Crippen LogP contribution in [0.2, 0.25) is 0 Å². The average molecular weight is 846 g/mol. The molecule has 2 aromatic heterocycles. The first kappa shape index (κ1) is 40.8. The maximum atomic E-state index is 13.5. The molecule has 16 heteroatoms. The van der Waals surface area contributed by atoms with Crippen molar-refractivity contribution in [1.29, 1.82) is 0 Å². The second kappa shape index (κ2) is 17.8.